The van der Waals surface area contributed by atoms with Crippen LogP contribution in [0.2, 0.25) is 0 Å². The Bertz CT molecular complexity index is 1650. The van der Waals surface area contributed by atoms with E-state index < -0.39 is 29.8 Å². The van der Waals surface area contributed by atoms with Crippen LogP contribution in [0.25, 0.3) is 32.7 Å². The first kappa shape index (κ1) is 24.7. The topological polar surface area (TPSA) is 203 Å². The lowest BCUT2D eigenvalue weighted by Crippen LogP contribution is -2.32. The van der Waals surface area contributed by atoms with Crippen molar-refractivity contribution in [1.82, 2.24) is 35.2 Å². The van der Waals surface area contributed by atoms with E-state index in [1.165, 1.54) is 23.5 Å². The second-order valence-electron chi connectivity index (χ2n) is 8.57. The molecular weight excluding hydrogens is 526 g/mol. The first-order chi connectivity index (χ1) is 17.0. The Labute approximate surface area is 211 Å². The normalized spacial score (nSPS) is 17.2. The minimum Gasteiger partial charge on any atom is -0.375 e. The Kier molecular flexibility index (Phi) is 6.26. The quantitative estimate of drug-likeness (QED) is 0.253. The predicted octanol–water partition coefficient (Wildman–Crippen LogP) is 0.603. The van der Waals surface area contributed by atoms with Crippen LogP contribution in [0.5, 0.6) is 0 Å². The lowest BCUT2D eigenvalue weighted by Gasteiger charge is -2.18. The van der Waals surface area contributed by atoms with Crippen molar-refractivity contribution in [3.05, 3.63) is 30.3 Å². The molecule has 1 aliphatic rings. The summed E-state index contributed by atoms with van der Waals surface area (Å²) < 4.78 is 55.9. The van der Waals surface area contributed by atoms with Gasteiger partial charge in [-0.1, -0.05) is 29.5 Å². The van der Waals surface area contributed by atoms with Gasteiger partial charge in [0.05, 0.1) is 15.8 Å². The molecule has 1 saturated heterocycles. The molecule has 6 N–H and O–H groups in total. The molecule has 1 atom stereocenters. The fraction of sp³-hybridized carbons (Fsp3) is 0.300. The third kappa shape index (κ3) is 4.58. The molecule has 3 heterocycles. The maximum Gasteiger partial charge on any atom is 0.241 e. The van der Waals surface area contributed by atoms with Crippen LogP contribution >= 0.6 is 11.3 Å². The van der Waals surface area contributed by atoms with Crippen molar-refractivity contribution >= 4 is 46.7 Å². The smallest absolute Gasteiger partial charge is 0.241 e. The van der Waals surface area contributed by atoms with Crippen molar-refractivity contribution in [3.8, 4) is 22.5 Å². The van der Waals surface area contributed by atoms with Gasteiger partial charge in [-0.3, -0.25) is 0 Å². The summed E-state index contributed by atoms with van der Waals surface area (Å²) in [4.78, 5) is 5.35. The summed E-state index contributed by atoms with van der Waals surface area (Å²) in [5, 5.41) is 19.6. The van der Waals surface area contributed by atoms with Crippen LogP contribution in [0.4, 0.5) is 5.13 Å². The van der Waals surface area contributed by atoms with Gasteiger partial charge in [-0.25, -0.2) is 31.7 Å². The Hall–Kier alpha value is -3.02. The number of primary sulfonamides is 1. The van der Waals surface area contributed by atoms with E-state index in [1.54, 1.807) is 12.1 Å². The Morgan fingerprint density at radius 2 is 2.00 bits per heavy atom. The molecule has 0 aliphatic carbocycles. The van der Waals surface area contributed by atoms with E-state index in [0.717, 1.165) is 24.2 Å². The molecule has 0 unspecified atom stereocenters. The number of hydrogen-bond acceptors (Lipinski definition) is 11. The molecule has 1 fully saturated rings. The van der Waals surface area contributed by atoms with Gasteiger partial charge < -0.3 is 10.6 Å². The first-order valence-corrected chi connectivity index (χ1v) is 14.7. The summed E-state index contributed by atoms with van der Waals surface area (Å²) in [5.41, 5.74) is 7.14. The van der Waals surface area contributed by atoms with E-state index in [-0.39, 0.29) is 23.9 Å². The Balaban J connectivity index is 1.73. The highest BCUT2D eigenvalue weighted by Gasteiger charge is 2.33. The maximum absolute atomic E-state index is 13.4. The number of likely N-dealkylation sites (tertiary alicyclic amines) is 1. The molecular formula is C20H23N9O4S3. The number of fused-ring (bicyclic) bond motifs is 1. The molecule has 2 aromatic heterocycles. The molecule has 190 valence electrons. The minimum absolute atomic E-state index is 0.103. The van der Waals surface area contributed by atoms with Gasteiger partial charge in [0.1, 0.15) is 9.79 Å². The summed E-state index contributed by atoms with van der Waals surface area (Å²) in [6, 6.07) is 8.01. The summed E-state index contributed by atoms with van der Waals surface area (Å²) >= 11 is 1.26. The van der Waals surface area contributed by atoms with Crippen LogP contribution in [0.3, 0.4) is 0 Å². The lowest BCUT2D eigenvalue weighted by molar-refractivity contribution is 0.394. The van der Waals surface area contributed by atoms with E-state index in [1.807, 2.05) is 13.1 Å². The summed E-state index contributed by atoms with van der Waals surface area (Å²) in [6.07, 6.45) is 0.828. The number of H-pyrrole nitrogens is 1. The minimum atomic E-state index is -4.59. The largest absolute Gasteiger partial charge is 0.375 e. The highest BCUT2D eigenvalue weighted by Crippen LogP contribution is 2.41. The number of tetrazole rings is 1. The molecule has 13 nitrogen and oxygen atoms in total. The first-order valence-electron chi connectivity index (χ1n) is 10.8. The molecule has 1 aliphatic heterocycles. The van der Waals surface area contributed by atoms with Crippen molar-refractivity contribution in [3.63, 3.8) is 0 Å². The molecule has 0 spiro atoms. The summed E-state index contributed by atoms with van der Waals surface area (Å²) in [7, 11) is -6.91. The zero-order chi connectivity index (χ0) is 25.7. The lowest BCUT2D eigenvalue weighted by atomic mass is 9.98. The highest BCUT2D eigenvalue weighted by molar-refractivity contribution is 7.92. The second-order valence-corrected chi connectivity index (χ2v) is 12.9. The van der Waals surface area contributed by atoms with Crippen LogP contribution in [-0.4, -0.2) is 74.0 Å². The molecule has 5 rings (SSSR count). The Morgan fingerprint density at radius 3 is 2.67 bits per heavy atom. The predicted molar refractivity (Wildman–Crippen MR) is 135 cm³/mol. The number of rotatable bonds is 7. The standard InChI is InChI=1S/C20H23N9O4S3/c1-29-8-7-11(10-29)9-23-36(32,33)15-6-5-12(13-3-2-4-14-17(13)24-20(21)34-14)16(18(15)35(22,30)31)19-25-27-28-26-19/h2-6,11,23H,7-10H2,1H3,(H2,21,24)(H2,22,30,31)(H,25,26,27,28)/t11-/m1/s1. The van der Waals surface area contributed by atoms with Crippen LogP contribution < -0.4 is 15.6 Å². The molecule has 4 aromatic rings. The number of benzene rings is 2. The average Bonchev–Trinajstić information content (AvgIpc) is 3.56. The van der Waals surface area contributed by atoms with Gasteiger partial charge in [0.2, 0.25) is 25.9 Å². The monoisotopic (exact) mass is 549 g/mol. The number of aromatic amines is 1. The number of hydrogen-bond donors (Lipinski definition) is 4. The molecule has 0 amide bonds. The van der Waals surface area contributed by atoms with Crippen molar-refractivity contribution in [2.45, 2.75) is 16.2 Å². The van der Waals surface area contributed by atoms with E-state index >= 15 is 0 Å². The van der Waals surface area contributed by atoms with Gasteiger partial charge in [0, 0.05) is 18.7 Å². The van der Waals surface area contributed by atoms with Crippen molar-refractivity contribution in [2.24, 2.45) is 11.1 Å². The van der Waals surface area contributed by atoms with Crippen LogP contribution in [0.15, 0.2) is 40.1 Å². The van der Waals surface area contributed by atoms with E-state index in [9.17, 15) is 16.8 Å². The SMILES string of the molecule is CN1CC[C@H](CNS(=O)(=O)c2ccc(-c3cccc4sc(N)nc34)c(-c3nn[nH]n3)c2S(N)(=O)=O)C1. The molecule has 16 heteroatoms. The number of nitrogens with two attached hydrogens (primary N) is 2. The maximum atomic E-state index is 13.4. The number of nitrogens with zero attached hydrogens (tertiary/aromatic N) is 5. The average molecular weight is 550 g/mol. The number of thiazole rings is 1. The third-order valence-corrected chi connectivity index (χ3v) is 9.48. The number of aromatic nitrogens is 5. The van der Waals surface area contributed by atoms with E-state index in [4.69, 9.17) is 10.9 Å². The number of nitrogens with one attached hydrogen (secondary N) is 2. The van der Waals surface area contributed by atoms with Crippen molar-refractivity contribution in [1.29, 1.82) is 0 Å². The number of para-hydroxylation sites is 1. The van der Waals surface area contributed by atoms with Gasteiger partial charge >= 0.3 is 0 Å². The zero-order valence-corrected chi connectivity index (χ0v) is 21.5. The molecule has 0 bridgehead atoms. The van der Waals surface area contributed by atoms with Gasteiger partial charge in [-0.05, 0) is 48.8 Å². The van der Waals surface area contributed by atoms with Gasteiger partial charge in [0.25, 0.3) is 0 Å². The number of sulfonamides is 2. The Morgan fingerprint density at radius 1 is 1.19 bits per heavy atom. The van der Waals surface area contributed by atoms with Gasteiger partial charge in [-0.2, -0.15) is 5.21 Å². The van der Waals surface area contributed by atoms with Crippen LogP contribution in [0, 0.1) is 5.92 Å². The van der Waals surface area contributed by atoms with E-state index in [2.05, 4.69) is 35.2 Å². The highest BCUT2D eigenvalue weighted by atomic mass is 32.2. The van der Waals surface area contributed by atoms with Crippen molar-refractivity contribution in [2.75, 3.05) is 32.4 Å². The van der Waals surface area contributed by atoms with Crippen LogP contribution in [-0.2, 0) is 20.0 Å². The molecule has 0 radical (unpaired) electrons. The fourth-order valence-corrected chi connectivity index (χ4v) is 7.93. The van der Waals surface area contributed by atoms with Gasteiger partial charge in [0.15, 0.2) is 5.13 Å². The molecule has 0 saturated carbocycles. The molecule has 2 aromatic carbocycles. The van der Waals surface area contributed by atoms with Gasteiger partial charge in [-0.15, -0.1) is 10.2 Å². The molecule has 36 heavy (non-hydrogen) atoms. The summed E-state index contributed by atoms with van der Waals surface area (Å²) in [6.45, 7) is 1.75. The van der Waals surface area contributed by atoms with Crippen molar-refractivity contribution < 1.29 is 16.8 Å². The zero-order valence-electron chi connectivity index (χ0n) is 19.0. The second kappa shape index (κ2) is 9.13. The van der Waals surface area contributed by atoms with E-state index in [0.29, 0.717) is 21.8 Å². The number of nitrogen functional groups attached to an aromatic ring is 1. The fourth-order valence-electron chi connectivity index (χ4n) is 4.45. The summed E-state index contributed by atoms with van der Waals surface area (Å²) in [5.74, 6) is -0.0323. The van der Waals surface area contributed by atoms with Crippen LogP contribution in [0.1, 0.15) is 6.42 Å². The number of anilines is 1. The third-order valence-electron chi connectivity index (χ3n) is 6.04.